The van der Waals surface area contributed by atoms with Crippen LogP contribution in [0.25, 0.3) is 0 Å². The normalized spacial score (nSPS) is 52.0. The molecule has 1 N–H and O–H groups in total. The average molecular weight is 319 g/mol. The number of ether oxygens (including phenoxy) is 1. The second-order valence-corrected chi connectivity index (χ2v) is 9.62. The van der Waals surface area contributed by atoms with Gasteiger partial charge in [0.15, 0.2) is 5.72 Å². The molecule has 2 bridgehead atoms. The molecule has 2 saturated heterocycles. The molecule has 0 aromatic carbocycles. The van der Waals surface area contributed by atoms with E-state index in [-0.39, 0.29) is 29.4 Å². The molecular weight excluding hydrogens is 290 g/mol. The molecule has 0 aromatic heterocycles. The minimum absolute atomic E-state index is 0.00917. The van der Waals surface area contributed by atoms with Crippen molar-refractivity contribution in [1.82, 2.24) is 4.90 Å². The van der Waals surface area contributed by atoms with Gasteiger partial charge in [-0.25, -0.2) is 0 Å². The minimum Gasteiger partial charge on any atom is -0.390 e. The first-order valence-electron chi connectivity index (χ1n) is 9.57. The van der Waals surface area contributed by atoms with Crippen molar-refractivity contribution in [2.45, 2.75) is 82.8 Å². The first-order chi connectivity index (χ1) is 10.9. The van der Waals surface area contributed by atoms with Crippen molar-refractivity contribution in [3.8, 4) is 0 Å². The van der Waals surface area contributed by atoms with Gasteiger partial charge in [-0.2, -0.15) is 0 Å². The maximum absolute atomic E-state index is 13.4. The van der Waals surface area contributed by atoms with Crippen molar-refractivity contribution < 1.29 is 14.6 Å². The number of fused-ring (bicyclic) bond motifs is 2. The van der Waals surface area contributed by atoms with E-state index in [1.54, 1.807) is 0 Å². The lowest BCUT2D eigenvalue weighted by Crippen LogP contribution is -2.62. The zero-order valence-corrected chi connectivity index (χ0v) is 14.5. The highest BCUT2D eigenvalue weighted by Crippen LogP contribution is 2.71. The Morgan fingerprint density at radius 1 is 1.17 bits per heavy atom. The minimum atomic E-state index is -0.429. The van der Waals surface area contributed by atoms with Gasteiger partial charge in [0.05, 0.1) is 18.1 Å². The van der Waals surface area contributed by atoms with E-state index in [0.717, 1.165) is 6.42 Å². The highest BCUT2D eigenvalue weighted by molar-refractivity contribution is 5.85. The molecule has 2 aliphatic heterocycles. The number of carbonyl (C=O) groups is 1. The zero-order chi connectivity index (χ0) is 16.1. The molecule has 7 unspecified atom stereocenters. The van der Waals surface area contributed by atoms with Crippen LogP contribution in [0.3, 0.4) is 0 Å². The number of likely N-dealkylation sites (tertiary alicyclic amines) is 1. The quantitative estimate of drug-likeness (QED) is 0.808. The van der Waals surface area contributed by atoms with Crippen LogP contribution in [0.5, 0.6) is 0 Å². The van der Waals surface area contributed by atoms with Gasteiger partial charge < -0.3 is 14.7 Å². The monoisotopic (exact) mass is 319 g/mol. The summed E-state index contributed by atoms with van der Waals surface area (Å²) in [6.07, 6.45) is 6.70. The lowest BCUT2D eigenvalue weighted by Gasteiger charge is -2.51. The topological polar surface area (TPSA) is 49.8 Å². The third kappa shape index (κ3) is 1.53. The van der Waals surface area contributed by atoms with Gasteiger partial charge in [-0.05, 0) is 51.9 Å². The van der Waals surface area contributed by atoms with Gasteiger partial charge in [-0.3, -0.25) is 4.79 Å². The number of amides is 1. The Morgan fingerprint density at radius 2 is 1.87 bits per heavy atom. The van der Waals surface area contributed by atoms with Crippen molar-refractivity contribution >= 4 is 5.91 Å². The van der Waals surface area contributed by atoms with E-state index < -0.39 is 11.8 Å². The molecule has 0 radical (unpaired) electrons. The highest BCUT2D eigenvalue weighted by atomic mass is 16.6. The summed E-state index contributed by atoms with van der Waals surface area (Å²) in [6.45, 7) is 6.44. The first-order valence-corrected chi connectivity index (χ1v) is 9.57. The molecule has 5 rings (SSSR count). The van der Waals surface area contributed by atoms with Crippen molar-refractivity contribution in [2.75, 3.05) is 0 Å². The van der Waals surface area contributed by atoms with E-state index in [1.807, 2.05) is 0 Å². The van der Waals surface area contributed by atoms with Crippen LogP contribution < -0.4 is 0 Å². The van der Waals surface area contributed by atoms with Gasteiger partial charge in [0.2, 0.25) is 5.91 Å². The van der Waals surface area contributed by atoms with E-state index >= 15 is 0 Å². The standard InChI is InChI=1S/C19H29NO3/c1-18(2,3)20-17(22)13-11-9-12-14(13)19(20,23-16(12)15(11)21)10-7-5-4-6-8-10/h10-16,21H,4-9H2,1-3H3. The van der Waals surface area contributed by atoms with E-state index in [2.05, 4.69) is 25.7 Å². The largest absolute Gasteiger partial charge is 0.390 e. The van der Waals surface area contributed by atoms with Crippen LogP contribution in [0.15, 0.2) is 0 Å². The number of aliphatic hydroxyl groups excluding tert-OH is 1. The molecule has 4 heteroatoms. The SMILES string of the molecule is CC(C)(C)N1C(=O)C2C3CC4C(OC1(C1CCCCC1)C42)C3O. The van der Waals surface area contributed by atoms with E-state index in [1.165, 1.54) is 32.1 Å². The Morgan fingerprint density at radius 3 is 2.52 bits per heavy atom. The van der Waals surface area contributed by atoms with E-state index in [4.69, 9.17) is 4.74 Å². The Balaban J connectivity index is 1.66. The predicted molar refractivity (Wildman–Crippen MR) is 85.4 cm³/mol. The van der Waals surface area contributed by atoms with Gasteiger partial charge in [-0.1, -0.05) is 19.3 Å². The number of hydrogen-bond acceptors (Lipinski definition) is 3. The van der Waals surface area contributed by atoms with Gasteiger partial charge in [-0.15, -0.1) is 0 Å². The zero-order valence-electron chi connectivity index (χ0n) is 14.5. The summed E-state index contributed by atoms with van der Waals surface area (Å²) < 4.78 is 6.73. The molecule has 128 valence electrons. The van der Waals surface area contributed by atoms with Crippen molar-refractivity contribution in [2.24, 2.45) is 29.6 Å². The number of carbonyl (C=O) groups excluding carboxylic acids is 1. The third-order valence-corrected chi connectivity index (χ3v) is 7.57. The number of rotatable bonds is 1. The molecule has 3 aliphatic carbocycles. The van der Waals surface area contributed by atoms with Crippen LogP contribution in [0.1, 0.15) is 59.3 Å². The second kappa shape index (κ2) is 4.32. The summed E-state index contributed by atoms with van der Waals surface area (Å²) in [4.78, 5) is 15.5. The van der Waals surface area contributed by atoms with Crippen LogP contribution in [0.2, 0.25) is 0 Å². The fraction of sp³-hybridized carbons (Fsp3) is 0.947. The van der Waals surface area contributed by atoms with Crippen molar-refractivity contribution in [3.05, 3.63) is 0 Å². The molecule has 0 spiro atoms. The molecule has 3 saturated carbocycles. The molecule has 7 atom stereocenters. The second-order valence-electron chi connectivity index (χ2n) is 9.62. The predicted octanol–water partition coefficient (Wildman–Crippen LogP) is 2.55. The number of aliphatic hydroxyl groups is 1. The van der Waals surface area contributed by atoms with Crippen LogP contribution in [0, 0.1) is 29.6 Å². The smallest absolute Gasteiger partial charge is 0.229 e. The molecule has 5 aliphatic rings. The van der Waals surface area contributed by atoms with Crippen LogP contribution in [-0.2, 0) is 9.53 Å². The Hall–Kier alpha value is -0.610. The maximum Gasteiger partial charge on any atom is 0.229 e. The van der Waals surface area contributed by atoms with Gasteiger partial charge in [0, 0.05) is 17.4 Å². The van der Waals surface area contributed by atoms with Gasteiger partial charge >= 0.3 is 0 Å². The van der Waals surface area contributed by atoms with E-state index in [0.29, 0.717) is 17.8 Å². The fourth-order valence-corrected chi connectivity index (χ4v) is 7.13. The summed E-state index contributed by atoms with van der Waals surface area (Å²) in [5, 5.41) is 10.7. The summed E-state index contributed by atoms with van der Waals surface area (Å²) in [6, 6.07) is 0. The Labute approximate surface area is 138 Å². The lowest BCUT2D eigenvalue weighted by molar-refractivity contribution is -0.218. The van der Waals surface area contributed by atoms with Crippen LogP contribution in [0.4, 0.5) is 0 Å². The summed E-state index contributed by atoms with van der Waals surface area (Å²) >= 11 is 0. The van der Waals surface area contributed by atoms with Crippen LogP contribution >= 0.6 is 0 Å². The third-order valence-electron chi connectivity index (χ3n) is 7.57. The summed E-state index contributed by atoms with van der Waals surface area (Å²) in [7, 11) is 0. The maximum atomic E-state index is 13.4. The molecule has 4 nitrogen and oxygen atoms in total. The highest BCUT2D eigenvalue weighted by Gasteiger charge is 2.80. The molecule has 23 heavy (non-hydrogen) atoms. The Kier molecular flexibility index (Phi) is 2.76. The summed E-state index contributed by atoms with van der Waals surface area (Å²) in [5.41, 5.74) is -0.646. The van der Waals surface area contributed by atoms with E-state index in [9.17, 15) is 9.90 Å². The fourth-order valence-electron chi connectivity index (χ4n) is 7.13. The van der Waals surface area contributed by atoms with Gasteiger partial charge in [0.1, 0.15) is 0 Å². The van der Waals surface area contributed by atoms with Crippen LogP contribution in [-0.4, -0.2) is 39.4 Å². The first kappa shape index (κ1) is 14.7. The van der Waals surface area contributed by atoms with Gasteiger partial charge in [0.25, 0.3) is 0 Å². The molecular formula is C19H29NO3. The Bertz CT molecular complexity index is 549. The molecule has 0 aromatic rings. The average Bonchev–Trinajstić information content (AvgIpc) is 3.15. The number of hydrogen-bond donors (Lipinski definition) is 1. The molecule has 1 amide bonds. The van der Waals surface area contributed by atoms with Crippen molar-refractivity contribution in [1.29, 1.82) is 0 Å². The molecule has 2 heterocycles. The lowest BCUT2D eigenvalue weighted by atomic mass is 9.70. The summed E-state index contributed by atoms with van der Waals surface area (Å²) in [5.74, 6) is 1.59. The molecule has 5 fully saturated rings. The number of nitrogens with zero attached hydrogens (tertiary/aromatic N) is 1. The van der Waals surface area contributed by atoms with Crippen molar-refractivity contribution in [3.63, 3.8) is 0 Å².